The zero-order valence-electron chi connectivity index (χ0n) is 14.7. The number of halogens is 1. The molecule has 124 valence electrons. The fraction of sp³-hybridized carbons (Fsp3) is 0.611. The molecule has 0 atom stereocenters. The van der Waals surface area contributed by atoms with Gasteiger partial charge in [0.05, 0.1) is 15.6 Å². The van der Waals surface area contributed by atoms with E-state index in [-0.39, 0.29) is 10.3 Å². The Labute approximate surface area is 148 Å². The van der Waals surface area contributed by atoms with Crippen LogP contribution in [0.2, 0.25) is 0 Å². The molecule has 1 aromatic rings. The maximum atomic E-state index is 4.79. The summed E-state index contributed by atoms with van der Waals surface area (Å²) in [5.74, 6) is 0.577. The van der Waals surface area contributed by atoms with Crippen molar-refractivity contribution in [3.05, 3.63) is 36.5 Å². The molecule has 0 aliphatic carbocycles. The van der Waals surface area contributed by atoms with Gasteiger partial charge in [-0.3, -0.25) is 0 Å². The number of hydrogen-bond acceptors (Lipinski definition) is 0. The third-order valence-corrected chi connectivity index (χ3v) is 10.0. The Morgan fingerprint density at radius 1 is 1.00 bits per heavy atom. The number of hydrogen-bond donors (Lipinski definition) is 0. The summed E-state index contributed by atoms with van der Waals surface area (Å²) >= 11 is 2.22. The Morgan fingerprint density at radius 2 is 1.43 bits per heavy atom. The van der Waals surface area contributed by atoms with Gasteiger partial charge in [0.25, 0.3) is 0 Å². The van der Waals surface area contributed by atoms with Crippen LogP contribution in [0.4, 0.5) is 0 Å². The number of rotatable bonds is 2. The molecular formula is C18H31ClPPd+. The van der Waals surface area contributed by atoms with Gasteiger partial charge in [0.1, 0.15) is 0 Å². The van der Waals surface area contributed by atoms with Crippen LogP contribution in [0.15, 0.2) is 24.3 Å². The van der Waals surface area contributed by atoms with Crippen LogP contribution in [0.5, 0.6) is 0 Å². The first-order valence-corrected chi connectivity index (χ1v) is 11.3. The van der Waals surface area contributed by atoms with Crippen LogP contribution in [0.25, 0.3) is 0 Å². The summed E-state index contributed by atoms with van der Waals surface area (Å²) in [6.45, 7) is 23.4. The first-order chi connectivity index (χ1) is 9.41. The van der Waals surface area contributed by atoms with E-state index in [0.29, 0.717) is 5.92 Å². The van der Waals surface area contributed by atoms with Gasteiger partial charge in [0.2, 0.25) is 0 Å². The molecule has 0 spiro atoms. The van der Waals surface area contributed by atoms with Crippen molar-refractivity contribution in [2.75, 3.05) is 0 Å². The van der Waals surface area contributed by atoms with Gasteiger partial charge in [-0.2, -0.15) is 6.66 Å². The minimum atomic E-state index is -1.51. The number of benzene rings is 1. The van der Waals surface area contributed by atoms with E-state index in [2.05, 4.69) is 107 Å². The van der Waals surface area contributed by atoms with E-state index in [1.807, 2.05) is 0 Å². The molecule has 0 bridgehead atoms. The molecule has 0 unspecified atom stereocenters. The molecule has 0 N–H and O–H groups in total. The van der Waals surface area contributed by atoms with Gasteiger partial charge in [-0.1, -0.05) is 33.2 Å². The quantitative estimate of drug-likeness (QED) is 0.290. The predicted octanol–water partition coefficient (Wildman–Crippen LogP) is 6.53. The van der Waals surface area contributed by atoms with E-state index in [4.69, 9.17) is 6.66 Å². The molecule has 0 aromatic heterocycles. The molecule has 0 aliphatic rings. The predicted molar refractivity (Wildman–Crippen MR) is 97.8 cm³/mol. The summed E-state index contributed by atoms with van der Waals surface area (Å²) in [6, 6.07) is 9.15. The van der Waals surface area contributed by atoms with Gasteiger partial charge in [0, 0.05) is 0 Å². The molecule has 21 heavy (non-hydrogen) atoms. The van der Waals surface area contributed by atoms with Gasteiger partial charge in [0.15, 0.2) is 0 Å². The SMILES string of the molecule is [CH2-][P+](c1cccc(C(C)C)c1)(C(C)(C)C)C(C)(C)C.[Cl][Pd+]. The van der Waals surface area contributed by atoms with Crippen LogP contribution in [-0.2, 0) is 18.2 Å². The van der Waals surface area contributed by atoms with Gasteiger partial charge >= 0.3 is 27.7 Å². The molecule has 0 fully saturated rings. The molecule has 0 heterocycles. The summed E-state index contributed by atoms with van der Waals surface area (Å²) in [5.41, 5.74) is 1.43. The van der Waals surface area contributed by atoms with E-state index in [1.54, 1.807) is 0 Å². The van der Waals surface area contributed by atoms with Gasteiger partial charge < -0.3 is 0 Å². The van der Waals surface area contributed by atoms with E-state index in [1.165, 1.54) is 10.9 Å². The van der Waals surface area contributed by atoms with Crippen LogP contribution < -0.4 is 5.30 Å². The summed E-state index contributed by atoms with van der Waals surface area (Å²) < 4.78 is 0. The molecule has 0 aliphatic heterocycles. The molecule has 1 aromatic carbocycles. The van der Waals surface area contributed by atoms with Crippen molar-refractivity contribution in [3.63, 3.8) is 0 Å². The first-order valence-electron chi connectivity index (χ1n) is 7.37. The fourth-order valence-electron chi connectivity index (χ4n) is 2.90. The zero-order chi connectivity index (χ0) is 17.1. The van der Waals surface area contributed by atoms with Crippen LogP contribution in [0.1, 0.15) is 66.9 Å². The first kappa shape index (κ1) is 21.6. The van der Waals surface area contributed by atoms with Crippen LogP contribution in [0.3, 0.4) is 0 Å². The van der Waals surface area contributed by atoms with Crippen molar-refractivity contribution in [3.8, 4) is 0 Å². The molecule has 0 nitrogen and oxygen atoms in total. The average molecular weight is 420 g/mol. The molecule has 0 saturated carbocycles. The van der Waals surface area contributed by atoms with Gasteiger partial charge in [-0.05, 0) is 65.2 Å². The molecular weight excluding hydrogens is 389 g/mol. The van der Waals surface area contributed by atoms with E-state index >= 15 is 0 Å². The van der Waals surface area contributed by atoms with Crippen molar-refractivity contribution >= 4 is 22.1 Å². The van der Waals surface area contributed by atoms with E-state index < -0.39 is 7.26 Å². The maximum absolute atomic E-state index is 4.79. The zero-order valence-corrected chi connectivity index (χ0v) is 17.9. The summed E-state index contributed by atoms with van der Waals surface area (Å²) in [5, 5.41) is 1.92. The molecule has 3 heteroatoms. The monoisotopic (exact) mass is 419 g/mol. The second kappa shape index (κ2) is 7.93. The Morgan fingerprint density at radius 3 is 1.76 bits per heavy atom. The standard InChI is InChI=1S/C18H31P.ClH.Pd/c1-14(2)15-11-10-12-16(13-15)19(9,17(3,4)5)18(6,7)8;;/h10-14H,9H2,1-8H3;1H;/q;;+2/p-1. The Bertz CT molecular complexity index is 427. The topological polar surface area (TPSA) is 0 Å². The second-order valence-electron chi connectivity index (χ2n) is 7.90. The molecule has 1 rings (SSSR count). The van der Waals surface area contributed by atoms with Crippen LogP contribution in [-0.4, -0.2) is 10.3 Å². The second-order valence-corrected chi connectivity index (χ2v) is 12.7. The summed E-state index contributed by atoms with van der Waals surface area (Å²) in [4.78, 5) is 0. The Balaban J connectivity index is 0.00000191. The molecule has 0 radical (unpaired) electrons. The van der Waals surface area contributed by atoms with Crippen LogP contribution >= 0.6 is 16.8 Å². The third kappa shape index (κ3) is 4.78. The van der Waals surface area contributed by atoms with Crippen molar-refractivity contribution in [1.82, 2.24) is 0 Å². The van der Waals surface area contributed by atoms with Crippen molar-refractivity contribution in [1.29, 1.82) is 0 Å². The third-order valence-electron chi connectivity index (χ3n) is 4.27. The Kier molecular flexibility index (Phi) is 8.15. The molecule has 0 amide bonds. The van der Waals surface area contributed by atoms with Crippen LogP contribution in [0, 0.1) is 6.66 Å². The average Bonchev–Trinajstić information content (AvgIpc) is 2.37. The van der Waals surface area contributed by atoms with Crippen molar-refractivity contribution in [2.45, 2.75) is 71.6 Å². The fourth-order valence-corrected chi connectivity index (χ4v) is 7.17. The van der Waals surface area contributed by atoms with Crippen molar-refractivity contribution in [2.24, 2.45) is 0 Å². The molecule has 0 saturated heterocycles. The van der Waals surface area contributed by atoms with Gasteiger partial charge in [-0.25, -0.2) is 0 Å². The minimum absolute atomic E-state index is 0.223. The van der Waals surface area contributed by atoms with Crippen molar-refractivity contribution < 1.29 is 18.2 Å². The Hall–Kier alpha value is 0.602. The van der Waals surface area contributed by atoms with E-state index in [9.17, 15) is 0 Å². The van der Waals surface area contributed by atoms with E-state index in [0.717, 1.165) is 0 Å². The summed E-state index contributed by atoms with van der Waals surface area (Å²) in [7, 11) is 2.98. The summed E-state index contributed by atoms with van der Waals surface area (Å²) in [6.07, 6.45) is 0. The normalized spacial score (nSPS) is 13.0. The van der Waals surface area contributed by atoms with Gasteiger partial charge in [-0.15, -0.1) is 0 Å².